The lowest BCUT2D eigenvalue weighted by molar-refractivity contribution is -0.0155. The molecule has 1 saturated carbocycles. The van der Waals surface area contributed by atoms with E-state index in [1.54, 1.807) is 0 Å². The molecule has 0 unspecified atom stereocenters. The first kappa shape index (κ1) is 28.2. The summed E-state index contributed by atoms with van der Waals surface area (Å²) in [5.41, 5.74) is 2.44. The molecule has 35 heavy (non-hydrogen) atoms. The molecule has 1 heterocycles. The second-order valence-corrected chi connectivity index (χ2v) is 10.7. The fraction of sp³-hybridized carbons (Fsp3) is 0.793. The summed E-state index contributed by atoms with van der Waals surface area (Å²) in [6.07, 6.45) is 8.40. The van der Waals surface area contributed by atoms with Gasteiger partial charge in [-0.25, -0.2) is 0 Å². The Morgan fingerprint density at radius 2 is 1.63 bits per heavy atom. The zero-order valence-corrected chi connectivity index (χ0v) is 22.5. The van der Waals surface area contributed by atoms with Crippen LogP contribution in [0.3, 0.4) is 0 Å². The fourth-order valence-electron chi connectivity index (χ4n) is 5.66. The maximum atomic E-state index is 8.69. The molecule has 0 amide bonds. The van der Waals surface area contributed by atoms with E-state index in [4.69, 9.17) is 28.8 Å². The number of unbranched alkanes of at least 4 members (excludes halogenated alkanes) is 2. The standard InChI is InChI=1S/C29H48O6/c1-5-6-7-8-23-20-26(34-18-17-33-16-15-32-14-13-31-12-11-30)28-24-19-22(2)9-10-25(24)29(3,4)35-27(28)21-23/h20-22,24-25,30H,5-19H2,1-4H3/t22-,24+,25+/m0/s1. The Labute approximate surface area is 212 Å². The third kappa shape index (κ3) is 8.34. The Hall–Kier alpha value is -1.34. The molecule has 0 radical (unpaired) electrons. The largest absolute Gasteiger partial charge is 0.491 e. The van der Waals surface area contributed by atoms with Crippen molar-refractivity contribution in [2.45, 2.75) is 84.2 Å². The highest BCUT2D eigenvalue weighted by Crippen LogP contribution is 2.55. The summed E-state index contributed by atoms with van der Waals surface area (Å²) in [4.78, 5) is 0. The number of fused-ring (bicyclic) bond motifs is 3. The maximum Gasteiger partial charge on any atom is 0.127 e. The number of aliphatic hydroxyl groups is 1. The smallest absolute Gasteiger partial charge is 0.127 e. The van der Waals surface area contributed by atoms with Crippen LogP contribution in [0.25, 0.3) is 0 Å². The topological polar surface area (TPSA) is 66.4 Å². The number of aryl methyl sites for hydroxylation is 1. The Bertz CT molecular complexity index is 749. The highest BCUT2D eigenvalue weighted by atomic mass is 16.6. The first-order valence-electron chi connectivity index (χ1n) is 13.8. The van der Waals surface area contributed by atoms with Crippen LogP contribution in [0.1, 0.15) is 83.3 Å². The quantitative estimate of drug-likeness (QED) is 0.306. The minimum Gasteiger partial charge on any atom is -0.491 e. The van der Waals surface area contributed by atoms with Crippen LogP contribution in [0, 0.1) is 11.8 Å². The van der Waals surface area contributed by atoms with Crippen LogP contribution in [0.4, 0.5) is 0 Å². The average Bonchev–Trinajstić information content (AvgIpc) is 2.82. The molecule has 6 nitrogen and oxygen atoms in total. The van der Waals surface area contributed by atoms with Crippen LogP contribution in [0.5, 0.6) is 11.5 Å². The summed E-state index contributed by atoms with van der Waals surface area (Å²) in [5.74, 6) is 3.77. The molecule has 200 valence electrons. The van der Waals surface area contributed by atoms with Crippen LogP contribution in [0.15, 0.2) is 12.1 Å². The van der Waals surface area contributed by atoms with Gasteiger partial charge in [0, 0.05) is 11.5 Å². The Kier molecular flexibility index (Phi) is 11.6. The molecule has 2 aliphatic rings. The molecule has 0 saturated heterocycles. The molecule has 6 heteroatoms. The van der Waals surface area contributed by atoms with Crippen molar-refractivity contribution in [2.75, 3.05) is 52.9 Å². The summed E-state index contributed by atoms with van der Waals surface area (Å²) in [6.45, 7) is 12.6. The Morgan fingerprint density at radius 1 is 0.943 bits per heavy atom. The summed E-state index contributed by atoms with van der Waals surface area (Å²) >= 11 is 0. The first-order valence-corrected chi connectivity index (χ1v) is 13.8. The van der Waals surface area contributed by atoms with E-state index in [1.165, 1.54) is 49.7 Å². The summed E-state index contributed by atoms with van der Waals surface area (Å²) < 4.78 is 29.4. The monoisotopic (exact) mass is 492 g/mol. The Morgan fingerprint density at radius 3 is 2.31 bits per heavy atom. The van der Waals surface area contributed by atoms with Crippen LogP contribution < -0.4 is 9.47 Å². The molecule has 1 N–H and O–H groups in total. The van der Waals surface area contributed by atoms with Gasteiger partial charge in [-0.15, -0.1) is 0 Å². The van der Waals surface area contributed by atoms with Gasteiger partial charge in [-0.2, -0.15) is 0 Å². The Balaban J connectivity index is 1.60. The van der Waals surface area contributed by atoms with Gasteiger partial charge in [0.15, 0.2) is 0 Å². The first-order chi connectivity index (χ1) is 17.0. The van der Waals surface area contributed by atoms with Crippen LogP contribution in [-0.2, 0) is 20.6 Å². The van der Waals surface area contributed by atoms with Crippen molar-refractivity contribution in [3.8, 4) is 11.5 Å². The molecule has 1 aliphatic heterocycles. The molecular weight excluding hydrogens is 444 g/mol. The van der Waals surface area contributed by atoms with E-state index in [0.29, 0.717) is 58.1 Å². The second kappa shape index (κ2) is 14.4. The number of rotatable bonds is 16. The number of hydrogen-bond acceptors (Lipinski definition) is 6. The predicted octanol–water partition coefficient (Wildman–Crippen LogP) is 5.53. The molecule has 1 fully saturated rings. The predicted molar refractivity (Wildman–Crippen MR) is 139 cm³/mol. The second-order valence-electron chi connectivity index (χ2n) is 10.7. The van der Waals surface area contributed by atoms with Gasteiger partial charge in [-0.3, -0.25) is 0 Å². The zero-order chi connectivity index (χ0) is 25.1. The van der Waals surface area contributed by atoms with Gasteiger partial charge in [0.25, 0.3) is 0 Å². The van der Waals surface area contributed by atoms with Gasteiger partial charge in [0.2, 0.25) is 0 Å². The minimum atomic E-state index is -0.149. The lowest BCUT2D eigenvalue weighted by Gasteiger charge is -2.49. The van der Waals surface area contributed by atoms with Crippen LogP contribution >= 0.6 is 0 Å². The molecule has 0 aromatic heterocycles. The summed E-state index contributed by atoms with van der Waals surface area (Å²) in [6, 6.07) is 4.55. The van der Waals surface area contributed by atoms with Crippen molar-refractivity contribution in [1.29, 1.82) is 0 Å². The van der Waals surface area contributed by atoms with Gasteiger partial charge in [-0.1, -0.05) is 33.1 Å². The summed E-state index contributed by atoms with van der Waals surface area (Å²) in [5, 5.41) is 8.69. The van der Waals surface area contributed by atoms with Crippen molar-refractivity contribution in [2.24, 2.45) is 11.8 Å². The number of aliphatic hydroxyl groups excluding tert-OH is 1. The lowest BCUT2D eigenvalue weighted by atomic mass is 9.64. The van der Waals surface area contributed by atoms with Crippen LogP contribution in [0.2, 0.25) is 0 Å². The van der Waals surface area contributed by atoms with Crippen molar-refractivity contribution < 1.29 is 28.8 Å². The number of benzene rings is 1. The van der Waals surface area contributed by atoms with Gasteiger partial charge < -0.3 is 28.8 Å². The summed E-state index contributed by atoms with van der Waals surface area (Å²) in [7, 11) is 0. The normalized spacial score (nSPS) is 22.8. The molecule has 0 spiro atoms. The molecule has 0 bridgehead atoms. The average molecular weight is 493 g/mol. The van der Waals surface area contributed by atoms with Gasteiger partial charge in [0.05, 0.1) is 46.2 Å². The molecule has 3 atom stereocenters. The minimum absolute atomic E-state index is 0.0400. The molecule has 3 rings (SSSR count). The zero-order valence-electron chi connectivity index (χ0n) is 22.5. The molecule has 1 aromatic carbocycles. The number of hydrogen-bond donors (Lipinski definition) is 1. The van der Waals surface area contributed by atoms with E-state index < -0.39 is 0 Å². The third-order valence-corrected chi connectivity index (χ3v) is 7.45. The van der Waals surface area contributed by atoms with E-state index in [2.05, 4.69) is 39.8 Å². The lowest BCUT2D eigenvalue weighted by Crippen LogP contribution is -2.46. The number of ether oxygens (including phenoxy) is 5. The van der Waals surface area contributed by atoms with E-state index in [1.807, 2.05) is 0 Å². The highest BCUT2D eigenvalue weighted by Gasteiger charge is 2.47. The fourth-order valence-corrected chi connectivity index (χ4v) is 5.66. The van der Waals surface area contributed by atoms with Crippen molar-refractivity contribution in [3.05, 3.63) is 23.3 Å². The van der Waals surface area contributed by atoms with Crippen molar-refractivity contribution in [3.63, 3.8) is 0 Å². The SMILES string of the molecule is CCCCCc1cc(OCCOCCOCCOCCO)c2c(c1)OC(C)(C)[C@@H]1CC[C@H](C)C[C@@H]21. The van der Waals surface area contributed by atoms with E-state index in [9.17, 15) is 0 Å². The van der Waals surface area contributed by atoms with E-state index >= 15 is 0 Å². The van der Waals surface area contributed by atoms with Crippen LogP contribution in [-0.4, -0.2) is 63.6 Å². The van der Waals surface area contributed by atoms with E-state index in [-0.39, 0.29) is 12.2 Å². The molecule has 1 aliphatic carbocycles. The molecule has 1 aromatic rings. The van der Waals surface area contributed by atoms with Crippen molar-refractivity contribution in [1.82, 2.24) is 0 Å². The van der Waals surface area contributed by atoms with E-state index in [0.717, 1.165) is 23.8 Å². The van der Waals surface area contributed by atoms with Gasteiger partial charge in [-0.05, 0) is 69.1 Å². The molecular formula is C29H48O6. The third-order valence-electron chi connectivity index (χ3n) is 7.45. The van der Waals surface area contributed by atoms with Gasteiger partial charge >= 0.3 is 0 Å². The maximum absolute atomic E-state index is 8.69. The van der Waals surface area contributed by atoms with Gasteiger partial charge in [0.1, 0.15) is 23.7 Å². The highest BCUT2D eigenvalue weighted by molar-refractivity contribution is 5.52. The van der Waals surface area contributed by atoms with Crippen molar-refractivity contribution >= 4 is 0 Å².